The molecule has 0 aliphatic carbocycles. The minimum Gasteiger partial charge on any atom is -0.379 e. The van der Waals surface area contributed by atoms with Crippen molar-refractivity contribution in [1.29, 1.82) is 0 Å². The number of fused-ring (bicyclic) bond motifs is 1. The van der Waals surface area contributed by atoms with Crippen LogP contribution in [0.1, 0.15) is 11.6 Å². The van der Waals surface area contributed by atoms with Gasteiger partial charge in [-0.25, -0.2) is 0 Å². The van der Waals surface area contributed by atoms with E-state index in [2.05, 4.69) is 42.5 Å². The molecule has 2 aromatic heterocycles. The van der Waals surface area contributed by atoms with Gasteiger partial charge in [0.2, 0.25) is 5.95 Å². The fourth-order valence-corrected chi connectivity index (χ4v) is 3.04. The van der Waals surface area contributed by atoms with Gasteiger partial charge >= 0.3 is 0 Å². The van der Waals surface area contributed by atoms with Gasteiger partial charge in [-0.2, -0.15) is 10.1 Å². The molecule has 3 aromatic rings. The van der Waals surface area contributed by atoms with Gasteiger partial charge in [0.1, 0.15) is 5.39 Å². The standard InChI is InChI=1S/C17H20N6O2/c24-16-13-10-18-22-15(13)20-17(21-16)19-14(12-4-2-1-3-5-12)11-23-6-8-25-9-7-23/h1-5,10,14H,6-9,11H2,(H3,18,19,20,21,22,24). The van der Waals surface area contributed by atoms with E-state index in [4.69, 9.17) is 4.74 Å². The summed E-state index contributed by atoms with van der Waals surface area (Å²) in [7, 11) is 0. The van der Waals surface area contributed by atoms with E-state index in [1.807, 2.05) is 18.2 Å². The maximum absolute atomic E-state index is 12.1. The first-order valence-corrected chi connectivity index (χ1v) is 8.34. The van der Waals surface area contributed by atoms with Gasteiger partial charge in [0, 0.05) is 19.6 Å². The van der Waals surface area contributed by atoms with Crippen molar-refractivity contribution in [1.82, 2.24) is 25.1 Å². The molecule has 1 fully saturated rings. The van der Waals surface area contributed by atoms with Crippen molar-refractivity contribution >= 4 is 17.0 Å². The number of aromatic nitrogens is 4. The van der Waals surface area contributed by atoms with Crippen molar-refractivity contribution < 1.29 is 4.74 Å². The number of H-pyrrole nitrogens is 2. The highest BCUT2D eigenvalue weighted by Gasteiger charge is 2.19. The predicted octanol–water partition coefficient (Wildman–Crippen LogP) is 1.13. The summed E-state index contributed by atoms with van der Waals surface area (Å²) in [5, 5.41) is 10.4. The molecule has 1 unspecified atom stereocenters. The molecule has 1 atom stereocenters. The van der Waals surface area contributed by atoms with E-state index in [0.29, 0.717) is 17.0 Å². The van der Waals surface area contributed by atoms with Crippen LogP contribution < -0.4 is 10.9 Å². The zero-order valence-electron chi connectivity index (χ0n) is 13.7. The smallest absolute Gasteiger partial charge is 0.263 e. The molecule has 8 heteroatoms. The summed E-state index contributed by atoms with van der Waals surface area (Å²) < 4.78 is 5.43. The summed E-state index contributed by atoms with van der Waals surface area (Å²) in [5.41, 5.74) is 1.41. The van der Waals surface area contributed by atoms with Crippen LogP contribution in [0.2, 0.25) is 0 Å². The van der Waals surface area contributed by atoms with Gasteiger partial charge in [-0.05, 0) is 5.56 Å². The Morgan fingerprint density at radius 3 is 2.84 bits per heavy atom. The maximum Gasteiger partial charge on any atom is 0.263 e. The number of nitrogens with one attached hydrogen (secondary N) is 3. The second kappa shape index (κ2) is 7.04. The van der Waals surface area contributed by atoms with Crippen LogP contribution in [-0.4, -0.2) is 57.9 Å². The Balaban J connectivity index is 1.61. The fourth-order valence-electron chi connectivity index (χ4n) is 3.04. The van der Waals surface area contributed by atoms with Crippen LogP contribution in [-0.2, 0) is 4.74 Å². The second-order valence-electron chi connectivity index (χ2n) is 6.07. The molecule has 1 aliphatic heterocycles. The molecule has 0 spiro atoms. The molecular formula is C17H20N6O2. The molecule has 0 saturated carbocycles. The molecule has 0 radical (unpaired) electrons. The summed E-state index contributed by atoms with van der Waals surface area (Å²) in [6, 6.07) is 10.2. The zero-order valence-corrected chi connectivity index (χ0v) is 13.7. The minimum atomic E-state index is -0.209. The van der Waals surface area contributed by atoms with Crippen LogP contribution in [0, 0.1) is 0 Å². The lowest BCUT2D eigenvalue weighted by molar-refractivity contribution is 0.0360. The first-order chi connectivity index (χ1) is 12.3. The molecule has 0 amide bonds. The van der Waals surface area contributed by atoms with Gasteiger partial charge < -0.3 is 10.1 Å². The molecule has 0 bridgehead atoms. The van der Waals surface area contributed by atoms with Crippen molar-refractivity contribution in [3.05, 3.63) is 52.4 Å². The first-order valence-electron chi connectivity index (χ1n) is 8.34. The number of anilines is 1. The highest BCUT2D eigenvalue weighted by atomic mass is 16.5. The Bertz CT molecular complexity index is 885. The molecule has 3 N–H and O–H groups in total. The summed E-state index contributed by atoms with van der Waals surface area (Å²) in [6.07, 6.45) is 1.48. The van der Waals surface area contributed by atoms with Gasteiger partial charge in [0.25, 0.3) is 5.56 Å². The highest BCUT2D eigenvalue weighted by molar-refractivity contribution is 5.73. The van der Waals surface area contributed by atoms with E-state index in [9.17, 15) is 4.79 Å². The van der Waals surface area contributed by atoms with E-state index in [-0.39, 0.29) is 11.6 Å². The van der Waals surface area contributed by atoms with Gasteiger partial charge in [-0.3, -0.25) is 19.8 Å². The van der Waals surface area contributed by atoms with Crippen LogP contribution in [0.3, 0.4) is 0 Å². The van der Waals surface area contributed by atoms with E-state index in [1.54, 1.807) is 0 Å². The van der Waals surface area contributed by atoms with Crippen molar-refractivity contribution in [2.75, 3.05) is 38.2 Å². The number of hydrogen-bond donors (Lipinski definition) is 3. The van der Waals surface area contributed by atoms with Gasteiger partial charge in [-0.1, -0.05) is 30.3 Å². The third kappa shape index (κ3) is 3.54. The predicted molar refractivity (Wildman–Crippen MR) is 94.6 cm³/mol. The fraction of sp³-hybridized carbons (Fsp3) is 0.353. The molecule has 1 aliphatic rings. The molecular weight excluding hydrogens is 320 g/mol. The van der Waals surface area contributed by atoms with Crippen molar-refractivity contribution in [3.8, 4) is 0 Å². The van der Waals surface area contributed by atoms with E-state index < -0.39 is 0 Å². The zero-order chi connectivity index (χ0) is 17.1. The summed E-state index contributed by atoms with van der Waals surface area (Å²) in [4.78, 5) is 21.7. The Labute approximate surface area is 144 Å². The largest absolute Gasteiger partial charge is 0.379 e. The molecule has 4 rings (SSSR count). The third-order valence-electron chi connectivity index (χ3n) is 4.38. The number of ether oxygens (including phenoxy) is 1. The Morgan fingerprint density at radius 1 is 1.24 bits per heavy atom. The number of hydrogen-bond acceptors (Lipinski definition) is 6. The number of benzene rings is 1. The van der Waals surface area contributed by atoms with Crippen LogP contribution in [0.25, 0.3) is 11.0 Å². The SMILES string of the molecule is O=c1[nH]c(NC(CN2CCOCC2)c2ccccc2)nc2[nH]ncc12. The molecule has 3 heterocycles. The van der Waals surface area contributed by atoms with Crippen molar-refractivity contribution in [3.63, 3.8) is 0 Å². The maximum atomic E-state index is 12.1. The first kappa shape index (κ1) is 15.8. The Hall–Kier alpha value is -2.71. The Kier molecular flexibility index (Phi) is 4.45. The topological polar surface area (TPSA) is 98.9 Å². The van der Waals surface area contributed by atoms with Crippen LogP contribution in [0.15, 0.2) is 41.3 Å². The van der Waals surface area contributed by atoms with Crippen molar-refractivity contribution in [2.45, 2.75) is 6.04 Å². The number of nitrogens with zero attached hydrogens (tertiary/aromatic N) is 3. The number of morpholine rings is 1. The minimum absolute atomic E-state index is 0.00261. The molecule has 8 nitrogen and oxygen atoms in total. The Morgan fingerprint density at radius 2 is 2.04 bits per heavy atom. The third-order valence-corrected chi connectivity index (χ3v) is 4.38. The molecule has 1 aromatic carbocycles. The number of rotatable bonds is 5. The lowest BCUT2D eigenvalue weighted by atomic mass is 10.1. The molecule has 130 valence electrons. The van der Waals surface area contributed by atoms with Crippen molar-refractivity contribution in [2.24, 2.45) is 0 Å². The molecule has 25 heavy (non-hydrogen) atoms. The lowest BCUT2D eigenvalue weighted by Gasteiger charge is -2.31. The van der Waals surface area contributed by atoms with Crippen LogP contribution in [0.4, 0.5) is 5.95 Å². The van der Waals surface area contributed by atoms with E-state index in [1.165, 1.54) is 6.20 Å². The molecule has 1 saturated heterocycles. The van der Waals surface area contributed by atoms with Crippen LogP contribution >= 0.6 is 0 Å². The number of aromatic amines is 2. The second-order valence-corrected chi connectivity index (χ2v) is 6.07. The van der Waals surface area contributed by atoms with Gasteiger partial charge in [-0.15, -0.1) is 0 Å². The normalized spacial score (nSPS) is 16.8. The van der Waals surface area contributed by atoms with Gasteiger partial charge in [0.05, 0.1) is 25.5 Å². The monoisotopic (exact) mass is 340 g/mol. The van der Waals surface area contributed by atoms with Crippen LogP contribution in [0.5, 0.6) is 0 Å². The average molecular weight is 340 g/mol. The highest BCUT2D eigenvalue weighted by Crippen LogP contribution is 2.19. The van der Waals surface area contributed by atoms with E-state index in [0.717, 1.165) is 38.4 Å². The van der Waals surface area contributed by atoms with Gasteiger partial charge in [0.15, 0.2) is 5.65 Å². The van der Waals surface area contributed by atoms with E-state index >= 15 is 0 Å². The summed E-state index contributed by atoms with van der Waals surface area (Å²) in [6.45, 7) is 4.09. The quantitative estimate of drug-likeness (QED) is 0.644. The summed E-state index contributed by atoms with van der Waals surface area (Å²) in [5.74, 6) is 0.434. The lowest BCUT2D eigenvalue weighted by Crippen LogP contribution is -2.40. The average Bonchev–Trinajstić information content (AvgIpc) is 3.12. The summed E-state index contributed by atoms with van der Waals surface area (Å²) >= 11 is 0.